The van der Waals surface area contributed by atoms with E-state index in [1.807, 2.05) is 11.1 Å². The topological polar surface area (TPSA) is 0 Å². The van der Waals surface area contributed by atoms with Crippen LogP contribution < -0.4 is 0 Å². The third-order valence-electron chi connectivity index (χ3n) is 9.46. The molecule has 0 aromatic carbocycles. The molecule has 1 heteroatoms. The normalized spacial score (nSPS) is 41.4. The molecule has 4 rings (SSSR count). The number of alkyl halides is 1. The van der Waals surface area contributed by atoms with Crippen molar-refractivity contribution in [2.45, 2.75) is 104 Å². The molecule has 4 aliphatic carbocycles. The molecule has 2 fully saturated rings. The maximum atomic E-state index is 6.51. The van der Waals surface area contributed by atoms with Crippen LogP contribution in [0, 0.1) is 40.9 Å². The summed E-state index contributed by atoms with van der Waals surface area (Å²) in [7, 11) is 0. The van der Waals surface area contributed by atoms with Crippen LogP contribution in [0.2, 0.25) is 0 Å². The summed E-state index contributed by atoms with van der Waals surface area (Å²) in [4.78, 5) is 0. The lowest BCUT2D eigenvalue weighted by Gasteiger charge is -2.53. The van der Waals surface area contributed by atoms with E-state index in [-0.39, 0.29) is 1.43 Å². The molecule has 0 aromatic heterocycles. The fourth-order valence-electron chi connectivity index (χ4n) is 8.04. The van der Waals surface area contributed by atoms with E-state index in [9.17, 15) is 0 Å². The van der Waals surface area contributed by atoms with Crippen LogP contribution >= 0.6 is 11.6 Å². The van der Waals surface area contributed by atoms with Gasteiger partial charge in [0.1, 0.15) is 0 Å². The van der Waals surface area contributed by atoms with Crippen molar-refractivity contribution in [3.05, 3.63) is 11.1 Å². The van der Waals surface area contributed by atoms with Gasteiger partial charge in [0.2, 0.25) is 0 Å². The Morgan fingerprint density at radius 1 is 1.07 bits per heavy atom. The second-order valence-corrected chi connectivity index (χ2v) is 11.5. The first-order chi connectivity index (χ1) is 13.0. The third-order valence-corrected chi connectivity index (χ3v) is 9.83. The minimum absolute atomic E-state index is 0. The highest BCUT2D eigenvalue weighted by Gasteiger charge is 2.55. The molecule has 2 saturated carbocycles. The molecule has 0 bridgehead atoms. The predicted molar refractivity (Wildman–Crippen MR) is 120 cm³/mol. The van der Waals surface area contributed by atoms with Gasteiger partial charge in [0.05, 0.1) is 0 Å². The van der Waals surface area contributed by atoms with Crippen molar-refractivity contribution < 1.29 is 1.43 Å². The predicted octanol–water partition coefficient (Wildman–Crippen LogP) is 8.64. The van der Waals surface area contributed by atoms with Crippen LogP contribution in [-0.2, 0) is 0 Å². The zero-order valence-electron chi connectivity index (χ0n) is 18.2. The van der Waals surface area contributed by atoms with Gasteiger partial charge in [-0.05, 0) is 105 Å². The zero-order chi connectivity index (χ0) is 19.0. The summed E-state index contributed by atoms with van der Waals surface area (Å²) >= 11 is 6.51. The highest BCUT2D eigenvalue weighted by atomic mass is 35.5. The molecule has 0 amide bonds. The van der Waals surface area contributed by atoms with Crippen LogP contribution in [0.15, 0.2) is 11.1 Å². The van der Waals surface area contributed by atoms with Crippen LogP contribution in [0.1, 0.15) is 106 Å². The summed E-state index contributed by atoms with van der Waals surface area (Å²) in [5.41, 5.74) is 4.40. The van der Waals surface area contributed by atoms with Crippen LogP contribution in [-0.4, -0.2) is 5.88 Å². The second-order valence-electron chi connectivity index (χ2n) is 11.2. The monoisotopic (exact) mass is 392 g/mol. The van der Waals surface area contributed by atoms with Gasteiger partial charge in [0, 0.05) is 7.31 Å². The summed E-state index contributed by atoms with van der Waals surface area (Å²) in [6, 6.07) is 0. The number of hydrogen-bond acceptors (Lipinski definition) is 0. The second kappa shape index (κ2) is 8.41. The summed E-state index contributed by atoms with van der Waals surface area (Å²) in [5.74, 6) is 6.38. The highest BCUT2D eigenvalue weighted by Crippen LogP contribution is 2.64. The van der Waals surface area contributed by atoms with Gasteiger partial charge in [0.15, 0.2) is 0 Å². The fraction of sp³-hybridized carbons (Fsp3) is 0.923. The quantitative estimate of drug-likeness (QED) is 0.241. The van der Waals surface area contributed by atoms with Gasteiger partial charge in [-0.15, -0.1) is 11.6 Å². The summed E-state index contributed by atoms with van der Waals surface area (Å²) in [6.45, 7) is 7.45. The van der Waals surface area contributed by atoms with Crippen LogP contribution in [0.25, 0.3) is 0 Å². The lowest BCUT2D eigenvalue weighted by Crippen LogP contribution is -2.45. The van der Waals surface area contributed by atoms with Crippen LogP contribution in [0.3, 0.4) is 0 Å². The maximum absolute atomic E-state index is 6.51. The average Bonchev–Trinajstić information content (AvgIpc) is 3.01. The van der Waals surface area contributed by atoms with Gasteiger partial charge in [-0.1, -0.05) is 51.2 Å². The molecule has 156 valence electrons. The largest absolute Gasteiger partial charge is 0.126 e. The van der Waals surface area contributed by atoms with Gasteiger partial charge >= 0.3 is 0 Å². The van der Waals surface area contributed by atoms with E-state index in [4.69, 9.17) is 11.6 Å². The van der Waals surface area contributed by atoms with E-state index in [0.717, 1.165) is 41.4 Å². The maximum Gasteiger partial charge on any atom is 0.0289 e. The SMILES string of the molecule is CC(C)CCCCC1CCC2C3CC(CCl)C4=C(CCCC4)C3CCC12C.[HH]. The minimum Gasteiger partial charge on any atom is -0.126 e. The molecule has 0 N–H and O–H groups in total. The van der Waals surface area contributed by atoms with Crippen molar-refractivity contribution in [3.8, 4) is 0 Å². The summed E-state index contributed by atoms with van der Waals surface area (Å²) < 4.78 is 0. The van der Waals surface area contributed by atoms with Crippen LogP contribution in [0.5, 0.6) is 0 Å². The molecule has 0 spiro atoms. The molecule has 0 heterocycles. The molecule has 6 atom stereocenters. The van der Waals surface area contributed by atoms with Crippen molar-refractivity contribution in [2.24, 2.45) is 40.9 Å². The van der Waals surface area contributed by atoms with E-state index in [2.05, 4.69) is 20.8 Å². The number of unbranched alkanes of at least 4 members (excludes halogenated alkanes) is 1. The lowest BCUT2D eigenvalue weighted by molar-refractivity contribution is 0.00404. The van der Waals surface area contributed by atoms with Gasteiger partial charge in [-0.2, -0.15) is 0 Å². The van der Waals surface area contributed by atoms with Gasteiger partial charge in [0.25, 0.3) is 0 Å². The van der Waals surface area contributed by atoms with Crippen molar-refractivity contribution in [1.82, 2.24) is 0 Å². The molecule has 0 aromatic rings. The van der Waals surface area contributed by atoms with Crippen molar-refractivity contribution >= 4 is 11.6 Å². The highest BCUT2D eigenvalue weighted by molar-refractivity contribution is 6.18. The molecular weight excluding hydrogens is 348 g/mol. The first-order valence-electron chi connectivity index (χ1n) is 12.3. The molecule has 6 unspecified atom stereocenters. The molecule has 27 heavy (non-hydrogen) atoms. The van der Waals surface area contributed by atoms with Crippen LogP contribution in [0.4, 0.5) is 0 Å². The Kier molecular flexibility index (Phi) is 6.33. The number of rotatable bonds is 6. The zero-order valence-corrected chi connectivity index (χ0v) is 19.0. The Hall–Kier alpha value is 0.0300. The Morgan fingerprint density at radius 3 is 2.59 bits per heavy atom. The average molecular weight is 393 g/mol. The van der Waals surface area contributed by atoms with E-state index in [0.29, 0.717) is 5.41 Å². The number of allylic oxidation sites excluding steroid dienone is 2. The third kappa shape index (κ3) is 3.78. The van der Waals surface area contributed by atoms with E-state index < -0.39 is 0 Å². The van der Waals surface area contributed by atoms with Crippen molar-refractivity contribution in [2.75, 3.05) is 5.88 Å². The Morgan fingerprint density at radius 2 is 1.85 bits per heavy atom. The first-order valence-corrected chi connectivity index (χ1v) is 12.9. The number of fused-ring (bicyclic) bond motifs is 4. The first kappa shape index (κ1) is 20.3. The van der Waals surface area contributed by atoms with Crippen molar-refractivity contribution in [1.29, 1.82) is 0 Å². The molecule has 0 aliphatic heterocycles. The van der Waals surface area contributed by atoms with E-state index in [1.165, 1.54) is 83.5 Å². The Bertz CT molecular complexity index is 553. The lowest BCUT2D eigenvalue weighted by atomic mass is 9.51. The van der Waals surface area contributed by atoms with Gasteiger partial charge < -0.3 is 0 Å². The summed E-state index contributed by atoms with van der Waals surface area (Å²) in [6.07, 6.45) is 19.0. The molecule has 0 saturated heterocycles. The number of halogens is 1. The Labute approximate surface area is 175 Å². The van der Waals surface area contributed by atoms with Gasteiger partial charge in [-0.3, -0.25) is 0 Å². The van der Waals surface area contributed by atoms with Gasteiger partial charge in [-0.25, -0.2) is 0 Å². The molecule has 0 radical (unpaired) electrons. The minimum atomic E-state index is 0. The standard InChI is InChI=1S/C26H43Cl.H2/c1-18(2)8-4-5-9-20-12-13-25-24-16-19(17-27)21-10-6-7-11-22(21)23(24)14-15-26(20,25)3;/h18-20,23-25H,4-17H2,1-3H3;1H. The van der Waals surface area contributed by atoms with Crippen molar-refractivity contribution in [3.63, 3.8) is 0 Å². The number of hydrogen-bond donors (Lipinski definition) is 0. The Balaban J connectivity index is 0.00000225. The molecular formula is C26H45Cl. The van der Waals surface area contributed by atoms with E-state index in [1.54, 1.807) is 0 Å². The summed E-state index contributed by atoms with van der Waals surface area (Å²) in [5, 5.41) is 0. The smallest absolute Gasteiger partial charge is 0.0289 e. The molecule has 0 nitrogen and oxygen atoms in total. The fourth-order valence-corrected chi connectivity index (χ4v) is 8.36. The van der Waals surface area contributed by atoms with E-state index >= 15 is 0 Å². The molecule has 4 aliphatic rings.